The standard InChI is InChI=1S/C22H26Cl2N4O2/c1-3-27-8-10-28(11-9-27)17-5-7-20(15(2)12-17)26-21(29)14-25-22(30)16-4-6-18(23)19(24)13-16/h4-7,12-13H,3,8-11,14H2,1-2H3,(H,25,30)(H,26,29). The Hall–Kier alpha value is -2.28. The third kappa shape index (κ3) is 5.65. The van der Waals surface area contributed by atoms with Crippen LogP contribution < -0.4 is 15.5 Å². The molecular formula is C22H26Cl2N4O2. The number of anilines is 2. The number of carbonyl (C=O) groups excluding carboxylic acids is 2. The monoisotopic (exact) mass is 448 g/mol. The molecule has 1 aliphatic heterocycles. The van der Waals surface area contributed by atoms with Gasteiger partial charge in [-0.3, -0.25) is 9.59 Å². The molecule has 30 heavy (non-hydrogen) atoms. The third-order valence-corrected chi connectivity index (χ3v) is 6.00. The summed E-state index contributed by atoms with van der Waals surface area (Å²) >= 11 is 11.8. The van der Waals surface area contributed by atoms with Gasteiger partial charge >= 0.3 is 0 Å². The van der Waals surface area contributed by atoms with E-state index in [1.54, 1.807) is 12.1 Å². The second-order valence-corrected chi connectivity index (χ2v) is 8.09. The fourth-order valence-electron chi connectivity index (χ4n) is 3.40. The highest BCUT2D eigenvalue weighted by molar-refractivity contribution is 6.42. The third-order valence-electron chi connectivity index (χ3n) is 5.26. The van der Waals surface area contributed by atoms with Gasteiger partial charge in [0.05, 0.1) is 16.6 Å². The van der Waals surface area contributed by atoms with Crippen LogP contribution in [0.25, 0.3) is 0 Å². The summed E-state index contributed by atoms with van der Waals surface area (Å²) in [5.41, 5.74) is 3.23. The number of aryl methyl sites for hydroxylation is 1. The first-order valence-electron chi connectivity index (χ1n) is 9.98. The van der Waals surface area contributed by atoms with Crippen LogP contribution in [0.2, 0.25) is 10.0 Å². The molecule has 0 atom stereocenters. The molecule has 160 valence electrons. The van der Waals surface area contributed by atoms with Crippen molar-refractivity contribution in [1.82, 2.24) is 10.2 Å². The zero-order chi connectivity index (χ0) is 21.7. The van der Waals surface area contributed by atoms with Gasteiger partial charge in [-0.05, 0) is 55.4 Å². The minimum absolute atomic E-state index is 0.140. The van der Waals surface area contributed by atoms with Crippen molar-refractivity contribution in [1.29, 1.82) is 0 Å². The SMILES string of the molecule is CCN1CCN(c2ccc(NC(=O)CNC(=O)c3ccc(Cl)c(Cl)c3)c(C)c2)CC1. The number of benzene rings is 2. The van der Waals surface area contributed by atoms with Crippen molar-refractivity contribution in [2.75, 3.05) is 49.5 Å². The fraction of sp³-hybridized carbons (Fsp3) is 0.364. The lowest BCUT2D eigenvalue weighted by Crippen LogP contribution is -2.46. The van der Waals surface area contributed by atoms with Crippen molar-refractivity contribution in [3.05, 3.63) is 57.6 Å². The highest BCUT2D eigenvalue weighted by Gasteiger charge is 2.17. The van der Waals surface area contributed by atoms with Gasteiger partial charge < -0.3 is 20.4 Å². The van der Waals surface area contributed by atoms with Gasteiger partial charge in [0, 0.05) is 43.1 Å². The highest BCUT2D eigenvalue weighted by atomic mass is 35.5. The maximum Gasteiger partial charge on any atom is 0.251 e. The summed E-state index contributed by atoms with van der Waals surface area (Å²) in [6.45, 7) is 9.22. The first kappa shape index (κ1) is 22.4. The average Bonchev–Trinajstić information content (AvgIpc) is 2.75. The lowest BCUT2D eigenvalue weighted by atomic mass is 10.1. The molecule has 1 aliphatic rings. The normalized spacial score (nSPS) is 14.5. The van der Waals surface area contributed by atoms with E-state index in [-0.39, 0.29) is 18.4 Å². The van der Waals surface area contributed by atoms with E-state index >= 15 is 0 Å². The van der Waals surface area contributed by atoms with Crippen molar-refractivity contribution in [2.24, 2.45) is 0 Å². The number of hydrogen-bond donors (Lipinski definition) is 2. The molecule has 3 rings (SSSR count). The Bertz CT molecular complexity index is 927. The first-order chi connectivity index (χ1) is 14.4. The van der Waals surface area contributed by atoms with Crippen LogP contribution in [0.15, 0.2) is 36.4 Å². The van der Waals surface area contributed by atoms with Gasteiger partial charge in [-0.1, -0.05) is 30.1 Å². The molecule has 8 heteroatoms. The second kappa shape index (κ2) is 10.2. The Morgan fingerprint density at radius 2 is 1.73 bits per heavy atom. The minimum Gasteiger partial charge on any atom is -0.369 e. The van der Waals surface area contributed by atoms with E-state index in [4.69, 9.17) is 23.2 Å². The van der Waals surface area contributed by atoms with Crippen LogP contribution in [0, 0.1) is 6.92 Å². The highest BCUT2D eigenvalue weighted by Crippen LogP contribution is 2.24. The van der Waals surface area contributed by atoms with Crippen LogP contribution in [0.5, 0.6) is 0 Å². The Morgan fingerprint density at radius 1 is 1.00 bits per heavy atom. The summed E-state index contributed by atoms with van der Waals surface area (Å²) in [5.74, 6) is -0.683. The minimum atomic E-state index is -0.387. The Morgan fingerprint density at radius 3 is 2.37 bits per heavy atom. The number of halogens is 2. The topological polar surface area (TPSA) is 64.7 Å². The van der Waals surface area contributed by atoms with E-state index in [2.05, 4.69) is 33.4 Å². The van der Waals surface area contributed by atoms with Gasteiger partial charge in [0.25, 0.3) is 5.91 Å². The molecule has 1 heterocycles. The molecule has 0 spiro atoms. The molecule has 0 unspecified atom stereocenters. The number of hydrogen-bond acceptors (Lipinski definition) is 4. The molecule has 1 fully saturated rings. The molecule has 2 amide bonds. The average molecular weight is 449 g/mol. The number of likely N-dealkylation sites (N-methyl/N-ethyl adjacent to an activating group) is 1. The largest absolute Gasteiger partial charge is 0.369 e. The Kier molecular flexibility index (Phi) is 7.58. The number of carbonyl (C=O) groups is 2. The predicted octanol–water partition coefficient (Wildman–Crippen LogP) is 3.81. The quantitative estimate of drug-likeness (QED) is 0.704. The molecule has 0 radical (unpaired) electrons. The van der Waals surface area contributed by atoms with E-state index in [1.165, 1.54) is 6.07 Å². The maximum atomic E-state index is 12.3. The molecule has 0 saturated carbocycles. The van der Waals surface area contributed by atoms with Crippen LogP contribution in [-0.2, 0) is 4.79 Å². The molecule has 2 N–H and O–H groups in total. The molecule has 2 aromatic rings. The van der Waals surface area contributed by atoms with Gasteiger partial charge in [0.15, 0.2) is 0 Å². The van der Waals surface area contributed by atoms with Crippen LogP contribution >= 0.6 is 23.2 Å². The fourth-order valence-corrected chi connectivity index (χ4v) is 3.70. The number of nitrogens with one attached hydrogen (secondary N) is 2. The van der Waals surface area contributed by atoms with Crippen molar-refractivity contribution >= 4 is 46.4 Å². The van der Waals surface area contributed by atoms with Crippen LogP contribution in [0.4, 0.5) is 11.4 Å². The van der Waals surface area contributed by atoms with Crippen molar-refractivity contribution in [3.8, 4) is 0 Å². The first-order valence-corrected chi connectivity index (χ1v) is 10.7. The number of nitrogens with zero attached hydrogens (tertiary/aromatic N) is 2. The van der Waals surface area contributed by atoms with Crippen LogP contribution in [0.1, 0.15) is 22.8 Å². The zero-order valence-electron chi connectivity index (χ0n) is 17.2. The second-order valence-electron chi connectivity index (χ2n) is 7.28. The summed E-state index contributed by atoms with van der Waals surface area (Å²) in [6, 6.07) is 10.6. The molecule has 0 aromatic heterocycles. The number of rotatable bonds is 6. The van der Waals surface area contributed by atoms with Crippen molar-refractivity contribution in [3.63, 3.8) is 0 Å². The molecule has 0 bridgehead atoms. The molecule has 6 nitrogen and oxygen atoms in total. The van der Waals surface area contributed by atoms with Gasteiger partial charge in [-0.2, -0.15) is 0 Å². The number of amides is 2. The molecule has 1 saturated heterocycles. The van der Waals surface area contributed by atoms with Crippen molar-refractivity contribution < 1.29 is 9.59 Å². The lowest BCUT2D eigenvalue weighted by Gasteiger charge is -2.35. The van der Waals surface area contributed by atoms with E-state index in [0.717, 1.165) is 49.7 Å². The summed E-state index contributed by atoms with van der Waals surface area (Å²) in [5, 5.41) is 6.11. The molecular weight excluding hydrogens is 423 g/mol. The van der Waals surface area contributed by atoms with Gasteiger partial charge in [-0.15, -0.1) is 0 Å². The zero-order valence-corrected chi connectivity index (χ0v) is 18.7. The van der Waals surface area contributed by atoms with E-state index in [1.807, 2.05) is 19.1 Å². The Labute approximate surface area is 187 Å². The smallest absolute Gasteiger partial charge is 0.251 e. The summed E-state index contributed by atoms with van der Waals surface area (Å²) in [6.07, 6.45) is 0. The Balaban J connectivity index is 1.53. The summed E-state index contributed by atoms with van der Waals surface area (Å²) in [4.78, 5) is 29.3. The van der Waals surface area contributed by atoms with E-state index in [9.17, 15) is 9.59 Å². The van der Waals surface area contributed by atoms with Crippen molar-refractivity contribution in [2.45, 2.75) is 13.8 Å². The van der Waals surface area contributed by atoms with Crippen LogP contribution in [-0.4, -0.2) is 56.0 Å². The predicted molar refractivity (Wildman–Crippen MR) is 123 cm³/mol. The van der Waals surface area contributed by atoms with Gasteiger partial charge in [0.1, 0.15) is 0 Å². The molecule has 2 aromatic carbocycles. The summed E-state index contributed by atoms with van der Waals surface area (Å²) in [7, 11) is 0. The maximum absolute atomic E-state index is 12.3. The molecule has 0 aliphatic carbocycles. The summed E-state index contributed by atoms with van der Waals surface area (Å²) < 4.78 is 0. The van der Waals surface area contributed by atoms with E-state index < -0.39 is 0 Å². The van der Waals surface area contributed by atoms with Gasteiger partial charge in [0.2, 0.25) is 5.91 Å². The lowest BCUT2D eigenvalue weighted by molar-refractivity contribution is -0.115. The number of piperazine rings is 1. The van der Waals surface area contributed by atoms with Gasteiger partial charge in [-0.25, -0.2) is 0 Å². The van der Waals surface area contributed by atoms with E-state index in [0.29, 0.717) is 15.6 Å². The van der Waals surface area contributed by atoms with Crippen LogP contribution in [0.3, 0.4) is 0 Å².